The maximum Gasteiger partial charge on any atom is 0.297 e. The van der Waals surface area contributed by atoms with Crippen molar-refractivity contribution in [1.82, 2.24) is 15.0 Å². The number of aldehydes is 2. The average molecular weight is 932 g/mol. The van der Waals surface area contributed by atoms with Crippen LogP contribution in [0.2, 0.25) is 0 Å². The maximum absolute atomic E-state index is 12.1. The molecule has 2 aromatic carbocycles. The molecule has 0 radical (unpaired) electrons. The Morgan fingerprint density at radius 2 is 1.35 bits per heavy atom. The van der Waals surface area contributed by atoms with E-state index in [1.807, 2.05) is 45.6 Å². The van der Waals surface area contributed by atoms with Gasteiger partial charge in [0, 0.05) is 38.3 Å². The monoisotopic (exact) mass is 931 g/mol. The molecule has 5 rings (SSSR count). The lowest BCUT2D eigenvalue weighted by Gasteiger charge is -2.25. The van der Waals surface area contributed by atoms with E-state index in [0.717, 1.165) is 17.0 Å². The molecule has 0 aliphatic rings. The van der Waals surface area contributed by atoms with Crippen LogP contribution in [-0.4, -0.2) is 86.6 Å². The number of hydrogen-bond acceptors (Lipinski definition) is 21. The molecule has 0 bridgehead atoms. The fraction of sp³-hybridized carbons (Fsp3) is 0.308. The van der Waals surface area contributed by atoms with E-state index in [2.05, 4.69) is 50.8 Å². The van der Waals surface area contributed by atoms with Crippen LogP contribution in [0.3, 0.4) is 0 Å². The SMILES string of the molecule is [C-]#[N+]c1cc(C=O)sc1N=Nc1cc(OC)c(N(CC)CC)cc1Nc1nc(Nc2cc(N(CC)CC)c(OC)cc2N=Nc2sc(C=O)c(S(=O)(=O)O)c2C#N)nc(SCC)n1. The molecule has 0 unspecified atom stereocenters. The second kappa shape index (κ2) is 21.5. The fourth-order valence-electron chi connectivity index (χ4n) is 6.06. The lowest BCUT2D eigenvalue weighted by Crippen LogP contribution is -2.22. The van der Waals surface area contributed by atoms with Crippen molar-refractivity contribution in [3.63, 3.8) is 0 Å². The Labute approximate surface area is 375 Å². The molecule has 0 saturated heterocycles. The van der Waals surface area contributed by atoms with Crippen molar-refractivity contribution < 1.29 is 32.0 Å². The third-order valence-corrected chi connectivity index (χ3v) is 12.7. The molecule has 24 heteroatoms. The summed E-state index contributed by atoms with van der Waals surface area (Å²) in [6.07, 6.45) is 0.858. The van der Waals surface area contributed by atoms with Crippen LogP contribution in [0.25, 0.3) is 4.85 Å². The minimum absolute atomic E-state index is 0.0728. The quantitative estimate of drug-likeness (QED) is 0.0203. The highest BCUT2D eigenvalue weighted by Crippen LogP contribution is 2.45. The van der Waals surface area contributed by atoms with Gasteiger partial charge in [0.25, 0.3) is 10.1 Å². The van der Waals surface area contributed by atoms with Crippen molar-refractivity contribution in [2.45, 2.75) is 44.7 Å². The normalized spacial score (nSPS) is 11.3. The van der Waals surface area contributed by atoms with Crippen molar-refractivity contribution in [2.24, 2.45) is 20.5 Å². The van der Waals surface area contributed by atoms with Crippen molar-refractivity contribution >= 4 is 119 Å². The highest BCUT2D eigenvalue weighted by Gasteiger charge is 2.28. The van der Waals surface area contributed by atoms with E-state index >= 15 is 0 Å². The second-order valence-electron chi connectivity index (χ2n) is 12.5. The topological polar surface area (TPSA) is 254 Å². The van der Waals surface area contributed by atoms with Crippen LogP contribution in [0.4, 0.5) is 61.7 Å². The van der Waals surface area contributed by atoms with E-state index in [-0.39, 0.29) is 39.6 Å². The smallest absolute Gasteiger partial charge is 0.297 e. The summed E-state index contributed by atoms with van der Waals surface area (Å²) >= 11 is 2.95. The average Bonchev–Trinajstić information content (AvgIpc) is 3.87. The first-order valence-corrected chi connectivity index (χ1v) is 23.1. The van der Waals surface area contributed by atoms with Gasteiger partial charge in [0.2, 0.25) is 17.6 Å². The number of thiophene rings is 2. The van der Waals surface area contributed by atoms with Gasteiger partial charge in [0.15, 0.2) is 22.7 Å². The van der Waals surface area contributed by atoms with E-state index in [0.29, 0.717) is 93.8 Å². The molecule has 63 heavy (non-hydrogen) atoms. The third kappa shape index (κ3) is 10.9. The van der Waals surface area contributed by atoms with Crippen molar-refractivity contribution in [3.8, 4) is 17.6 Å². The first-order chi connectivity index (χ1) is 30.3. The van der Waals surface area contributed by atoms with Gasteiger partial charge in [-0.2, -0.15) is 33.7 Å². The molecule has 0 aliphatic carbocycles. The van der Waals surface area contributed by atoms with Gasteiger partial charge >= 0.3 is 0 Å². The predicted molar refractivity (Wildman–Crippen MR) is 244 cm³/mol. The molecule has 3 aromatic heterocycles. The number of azo groups is 2. The number of carbonyl (C=O) groups is 2. The Morgan fingerprint density at radius 3 is 1.76 bits per heavy atom. The summed E-state index contributed by atoms with van der Waals surface area (Å²) < 4.78 is 45.6. The third-order valence-electron chi connectivity index (χ3n) is 8.98. The number of methoxy groups -OCH3 is 2. The molecular weight excluding hydrogens is 891 g/mol. The minimum Gasteiger partial charge on any atom is -0.494 e. The van der Waals surface area contributed by atoms with Gasteiger partial charge < -0.3 is 29.9 Å². The standard InChI is InChI=1S/C39H41N13O7S4/c1-9-51(10-2)29-15-24(26(17-31(29)58-7)47-49-35-23(19-40)34(63(55,56)57)33(21-54)62-35)42-37-44-38(46-39(45-37)60-13-5)43-25-16-30(52(11-3)12-4)32(59-8)18-27(25)48-50-36-28(41-6)14-22(20-53)61-36/h14-18,20-21H,9-13H2,1-5,7-8H3,(H,55,56,57)(H2,42,43,44,45,46). The molecular formula is C39H41N13O7S4. The predicted octanol–water partition coefficient (Wildman–Crippen LogP) is 10.4. The molecule has 0 amide bonds. The zero-order valence-electron chi connectivity index (χ0n) is 35.0. The number of nitrogens with zero attached hydrogens (tertiary/aromatic N) is 11. The van der Waals surface area contributed by atoms with Crippen LogP contribution in [0.1, 0.15) is 59.5 Å². The molecule has 5 aromatic rings. The van der Waals surface area contributed by atoms with Crippen molar-refractivity contribution in [1.29, 1.82) is 5.26 Å². The number of ether oxygens (including phenoxy) is 2. The van der Waals surface area contributed by atoms with E-state index < -0.39 is 25.5 Å². The summed E-state index contributed by atoms with van der Waals surface area (Å²) in [5, 5.41) is 34.1. The van der Waals surface area contributed by atoms with Gasteiger partial charge in [-0.15, -0.1) is 38.0 Å². The van der Waals surface area contributed by atoms with Crippen LogP contribution in [-0.2, 0) is 10.1 Å². The van der Waals surface area contributed by atoms with Gasteiger partial charge in [0.05, 0.1) is 53.3 Å². The molecule has 3 N–H and O–H groups in total. The van der Waals surface area contributed by atoms with Crippen LogP contribution in [0.15, 0.2) is 60.8 Å². The van der Waals surface area contributed by atoms with Crippen LogP contribution in [0.5, 0.6) is 11.5 Å². The number of nitriles is 1. The number of benzene rings is 2. The molecule has 328 valence electrons. The Hall–Kier alpha value is -6.57. The van der Waals surface area contributed by atoms with E-state index in [1.54, 1.807) is 31.4 Å². The zero-order valence-corrected chi connectivity index (χ0v) is 38.3. The zero-order chi connectivity index (χ0) is 45.8. The summed E-state index contributed by atoms with van der Waals surface area (Å²) in [6, 6.07) is 10.0. The van der Waals surface area contributed by atoms with E-state index in [1.165, 1.54) is 24.9 Å². The molecule has 0 saturated carbocycles. The fourth-order valence-corrected chi connectivity index (χ4v) is 9.34. The van der Waals surface area contributed by atoms with Crippen molar-refractivity contribution in [2.75, 3.05) is 66.6 Å². The number of anilines is 6. The number of nitrogens with one attached hydrogen (secondary N) is 2. The summed E-state index contributed by atoms with van der Waals surface area (Å²) in [7, 11) is -1.93. The Bertz CT molecular complexity index is 2750. The summed E-state index contributed by atoms with van der Waals surface area (Å²) in [4.78, 5) is 44.0. The maximum atomic E-state index is 12.1. The van der Waals surface area contributed by atoms with Gasteiger partial charge in [0.1, 0.15) is 44.4 Å². The second-order valence-corrected chi connectivity index (χ2v) is 17.2. The summed E-state index contributed by atoms with van der Waals surface area (Å²) in [5.41, 5.74) is 2.25. The first-order valence-electron chi connectivity index (χ1n) is 19.0. The molecule has 0 spiro atoms. The molecule has 3 heterocycles. The Morgan fingerprint density at radius 1 is 0.825 bits per heavy atom. The molecule has 0 aliphatic heterocycles. The largest absolute Gasteiger partial charge is 0.494 e. The van der Waals surface area contributed by atoms with Gasteiger partial charge in [-0.1, -0.05) is 18.7 Å². The van der Waals surface area contributed by atoms with Gasteiger partial charge in [-0.25, -0.2) is 4.85 Å². The molecule has 20 nitrogen and oxygen atoms in total. The van der Waals surface area contributed by atoms with E-state index in [9.17, 15) is 27.8 Å². The highest BCUT2D eigenvalue weighted by molar-refractivity contribution is 7.99. The Balaban J connectivity index is 1.67. The van der Waals surface area contributed by atoms with Crippen molar-refractivity contribution in [3.05, 3.63) is 57.1 Å². The Kier molecular flexibility index (Phi) is 16.2. The summed E-state index contributed by atoms with van der Waals surface area (Å²) in [6.45, 7) is 20.0. The number of rotatable bonds is 21. The van der Waals surface area contributed by atoms with E-state index in [4.69, 9.17) is 21.0 Å². The first kappa shape index (κ1) is 47.5. The minimum atomic E-state index is -4.96. The van der Waals surface area contributed by atoms with Crippen LogP contribution >= 0.6 is 34.4 Å². The highest BCUT2D eigenvalue weighted by atomic mass is 32.2. The number of thioether (sulfide) groups is 1. The lowest BCUT2D eigenvalue weighted by molar-refractivity contribution is 0.111. The number of carbonyl (C=O) groups excluding carboxylic acids is 2. The van der Waals surface area contributed by atoms with Crippen LogP contribution in [0, 0.1) is 17.9 Å². The lowest BCUT2D eigenvalue weighted by atomic mass is 10.2. The molecule has 0 atom stereocenters. The summed E-state index contributed by atoms with van der Waals surface area (Å²) in [5.74, 6) is 1.71. The molecule has 0 fully saturated rings. The van der Waals surface area contributed by atoms with Crippen LogP contribution < -0.4 is 29.9 Å². The van der Waals surface area contributed by atoms with Gasteiger partial charge in [-0.3, -0.25) is 14.1 Å². The number of aromatic nitrogens is 3. The van der Waals surface area contributed by atoms with Gasteiger partial charge in [-0.05, 0) is 51.6 Å². The number of hydrogen-bond donors (Lipinski definition) is 3.